The highest BCUT2D eigenvalue weighted by molar-refractivity contribution is 6.16. The largest absolute Gasteiger partial charge is 0.493 e. The Morgan fingerprint density at radius 2 is 1.44 bits per heavy atom. The first-order valence-electron chi connectivity index (χ1n) is 14.3. The van der Waals surface area contributed by atoms with Gasteiger partial charge in [0.15, 0.2) is 11.5 Å². The van der Waals surface area contributed by atoms with Gasteiger partial charge in [-0.2, -0.15) is 0 Å². The number of methoxy groups -OCH3 is 3. The molecule has 0 spiro atoms. The summed E-state index contributed by atoms with van der Waals surface area (Å²) in [5.74, 6) is 0.866. The molecule has 4 aromatic rings. The predicted molar refractivity (Wildman–Crippen MR) is 169 cm³/mol. The number of rotatable bonds is 14. The molecule has 0 aliphatic carbocycles. The van der Waals surface area contributed by atoms with E-state index in [9.17, 15) is 9.59 Å². The van der Waals surface area contributed by atoms with Crippen LogP contribution in [-0.2, 0) is 14.3 Å². The second-order valence-corrected chi connectivity index (χ2v) is 10.5. The Hall–Kier alpha value is -4.56. The molecule has 0 N–H and O–H groups in total. The van der Waals surface area contributed by atoms with Gasteiger partial charge in [-0.05, 0) is 64.9 Å². The standard InChI is InChI=1S/C35H39NO7/c1-24(23-43-32(37)16-15-25-19-30(39-3)34(41-5)31(20-25)40-4)22-36(2)17-10-18-42-35(38)33-28-13-8-6-11-26(28)21-27-12-7-9-14-29(27)33/h6-9,11-16,19-21,24H,10,17-18,22-23H2,1-5H3/b16-15+/t24-/m1/s1. The van der Waals surface area contributed by atoms with Gasteiger partial charge < -0.3 is 28.6 Å². The van der Waals surface area contributed by atoms with Crippen molar-refractivity contribution in [3.8, 4) is 17.2 Å². The van der Waals surface area contributed by atoms with Crippen LogP contribution in [0.15, 0.2) is 72.8 Å². The van der Waals surface area contributed by atoms with Crippen LogP contribution >= 0.6 is 0 Å². The molecule has 43 heavy (non-hydrogen) atoms. The highest BCUT2D eigenvalue weighted by Gasteiger charge is 2.17. The SMILES string of the molecule is COc1cc(/C=C/C(=O)OC[C@H](C)CN(C)CCCOC(=O)c2c3ccccc3cc3ccccc23)cc(OC)c1OC. The van der Waals surface area contributed by atoms with Gasteiger partial charge in [-0.1, -0.05) is 55.5 Å². The monoisotopic (exact) mass is 585 g/mol. The highest BCUT2D eigenvalue weighted by Crippen LogP contribution is 2.38. The van der Waals surface area contributed by atoms with Crippen molar-refractivity contribution >= 4 is 39.6 Å². The number of fused-ring (bicyclic) bond motifs is 2. The molecule has 1 atom stereocenters. The van der Waals surface area contributed by atoms with Crippen LogP contribution in [0, 0.1) is 5.92 Å². The Bertz CT molecular complexity index is 1520. The number of benzene rings is 4. The molecule has 0 saturated carbocycles. The van der Waals surface area contributed by atoms with Crippen LogP contribution in [0.1, 0.15) is 29.3 Å². The topological polar surface area (TPSA) is 83.5 Å². The Morgan fingerprint density at radius 1 is 0.837 bits per heavy atom. The summed E-state index contributed by atoms with van der Waals surface area (Å²) in [5, 5.41) is 3.81. The van der Waals surface area contributed by atoms with E-state index in [4.69, 9.17) is 23.7 Å². The van der Waals surface area contributed by atoms with Crippen LogP contribution in [-0.4, -0.2) is 71.5 Å². The van der Waals surface area contributed by atoms with Crippen LogP contribution < -0.4 is 14.2 Å². The molecule has 226 valence electrons. The van der Waals surface area contributed by atoms with Crippen molar-refractivity contribution in [2.45, 2.75) is 13.3 Å². The van der Waals surface area contributed by atoms with Gasteiger partial charge in [-0.15, -0.1) is 0 Å². The Balaban J connectivity index is 1.22. The summed E-state index contributed by atoms with van der Waals surface area (Å²) in [6.45, 7) is 4.09. The molecule has 4 rings (SSSR count). The number of esters is 2. The number of carbonyl (C=O) groups excluding carboxylic acids is 2. The van der Waals surface area contributed by atoms with Gasteiger partial charge in [0, 0.05) is 25.1 Å². The van der Waals surface area contributed by atoms with Gasteiger partial charge in [0.25, 0.3) is 0 Å². The highest BCUT2D eigenvalue weighted by atomic mass is 16.5. The summed E-state index contributed by atoms with van der Waals surface area (Å²) in [7, 11) is 6.62. The van der Waals surface area contributed by atoms with Gasteiger partial charge in [-0.25, -0.2) is 9.59 Å². The summed E-state index contributed by atoms with van der Waals surface area (Å²) < 4.78 is 27.2. The van der Waals surface area contributed by atoms with Crippen LogP contribution in [0.4, 0.5) is 0 Å². The smallest absolute Gasteiger partial charge is 0.339 e. The van der Waals surface area contributed by atoms with Gasteiger partial charge in [0.2, 0.25) is 5.75 Å². The number of hydrogen-bond donors (Lipinski definition) is 0. The van der Waals surface area contributed by atoms with E-state index < -0.39 is 5.97 Å². The molecule has 8 heteroatoms. The zero-order chi connectivity index (χ0) is 30.8. The fourth-order valence-electron chi connectivity index (χ4n) is 5.12. The zero-order valence-electron chi connectivity index (χ0n) is 25.4. The second-order valence-electron chi connectivity index (χ2n) is 10.5. The van der Waals surface area contributed by atoms with E-state index in [-0.39, 0.29) is 18.5 Å². The first-order chi connectivity index (χ1) is 20.8. The van der Waals surface area contributed by atoms with Crippen molar-refractivity contribution in [1.29, 1.82) is 0 Å². The van der Waals surface area contributed by atoms with E-state index in [1.807, 2.05) is 62.5 Å². The lowest BCUT2D eigenvalue weighted by molar-refractivity contribution is -0.139. The third kappa shape index (κ3) is 8.05. The minimum Gasteiger partial charge on any atom is -0.493 e. The molecule has 0 saturated heterocycles. The third-order valence-electron chi connectivity index (χ3n) is 7.13. The van der Waals surface area contributed by atoms with E-state index in [2.05, 4.69) is 11.0 Å². The molecule has 0 bridgehead atoms. The molecule has 0 fully saturated rings. The van der Waals surface area contributed by atoms with Gasteiger partial charge in [0.05, 0.1) is 40.1 Å². The lowest BCUT2D eigenvalue weighted by atomic mass is 9.97. The van der Waals surface area contributed by atoms with E-state index in [1.165, 1.54) is 27.4 Å². The van der Waals surface area contributed by atoms with Crippen molar-refractivity contribution in [3.05, 3.63) is 83.9 Å². The molecule has 8 nitrogen and oxygen atoms in total. The van der Waals surface area contributed by atoms with Gasteiger partial charge >= 0.3 is 11.9 Å². The lowest BCUT2D eigenvalue weighted by Crippen LogP contribution is -2.29. The van der Waals surface area contributed by atoms with Crippen molar-refractivity contribution in [3.63, 3.8) is 0 Å². The van der Waals surface area contributed by atoms with Crippen LogP contribution in [0.25, 0.3) is 27.6 Å². The fraction of sp³-hybridized carbons (Fsp3) is 0.314. The Morgan fingerprint density at radius 3 is 2.02 bits per heavy atom. The van der Waals surface area contributed by atoms with Crippen molar-refractivity contribution < 1.29 is 33.3 Å². The number of ether oxygens (including phenoxy) is 5. The average molecular weight is 586 g/mol. The number of hydrogen-bond acceptors (Lipinski definition) is 8. The number of nitrogens with zero attached hydrogens (tertiary/aromatic N) is 1. The molecule has 4 aromatic carbocycles. The molecule has 0 amide bonds. The average Bonchev–Trinajstić information content (AvgIpc) is 3.02. The quantitative estimate of drug-likeness (QED) is 0.0729. The molecule has 0 radical (unpaired) electrons. The molecule has 0 aromatic heterocycles. The third-order valence-corrected chi connectivity index (χ3v) is 7.13. The first kappa shape index (κ1) is 31.4. The second kappa shape index (κ2) is 15.1. The molecular formula is C35H39NO7. The van der Waals surface area contributed by atoms with E-state index >= 15 is 0 Å². The summed E-state index contributed by atoms with van der Waals surface area (Å²) in [6, 6.07) is 21.4. The van der Waals surface area contributed by atoms with Crippen molar-refractivity contribution in [1.82, 2.24) is 4.90 Å². The summed E-state index contributed by atoms with van der Waals surface area (Å²) in [4.78, 5) is 27.7. The van der Waals surface area contributed by atoms with Crippen LogP contribution in [0.5, 0.6) is 17.2 Å². The molecule has 0 aliphatic rings. The first-order valence-corrected chi connectivity index (χ1v) is 14.3. The van der Waals surface area contributed by atoms with Gasteiger partial charge in [-0.3, -0.25) is 0 Å². The maximum absolute atomic E-state index is 13.2. The lowest BCUT2D eigenvalue weighted by Gasteiger charge is -2.21. The molecule has 0 aliphatic heterocycles. The minimum atomic E-state index is -0.434. The van der Waals surface area contributed by atoms with Crippen LogP contribution in [0.2, 0.25) is 0 Å². The van der Waals surface area contributed by atoms with Gasteiger partial charge in [0.1, 0.15) is 0 Å². The maximum atomic E-state index is 13.2. The van der Waals surface area contributed by atoms with E-state index in [0.717, 1.165) is 34.6 Å². The minimum absolute atomic E-state index is 0.119. The van der Waals surface area contributed by atoms with E-state index in [0.29, 0.717) is 41.4 Å². The molecule has 0 unspecified atom stereocenters. The Labute approximate surface area is 252 Å². The maximum Gasteiger partial charge on any atom is 0.339 e. The number of carbonyl (C=O) groups is 2. The predicted octanol–water partition coefficient (Wildman–Crippen LogP) is 6.39. The molecular weight excluding hydrogens is 546 g/mol. The normalized spacial score (nSPS) is 12.0. The zero-order valence-corrected chi connectivity index (χ0v) is 25.4. The molecule has 0 heterocycles. The summed E-state index contributed by atoms with van der Waals surface area (Å²) >= 11 is 0. The van der Waals surface area contributed by atoms with Crippen LogP contribution in [0.3, 0.4) is 0 Å². The summed E-state index contributed by atoms with van der Waals surface area (Å²) in [5.41, 5.74) is 1.32. The van der Waals surface area contributed by atoms with Crippen molar-refractivity contribution in [2.75, 3.05) is 54.7 Å². The fourth-order valence-corrected chi connectivity index (χ4v) is 5.12. The van der Waals surface area contributed by atoms with Crippen molar-refractivity contribution in [2.24, 2.45) is 5.92 Å². The summed E-state index contributed by atoms with van der Waals surface area (Å²) in [6.07, 6.45) is 3.71. The van der Waals surface area contributed by atoms with E-state index in [1.54, 1.807) is 18.2 Å². The Kier molecular flexibility index (Phi) is 11.0.